The van der Waals surface area contributed by atoms with Crippen molar-refractivity contribution in [2.24, 2.45) is 5.92 Å². The van der Waals surface area contributed by atoms with Crippen LogP contribution >= 0.6 is 0 Å². The van der Waals surface area contributed by atoms with Crippen LogP contribution in [0.5, 0.6) is 0 Å². The fourth-order valence-electron chi connectivity index (χ4n) is 3.36. The molecule has 0 radical (unpaired) electrons. The minimum atomic E-state index is -0.868. The highest BCUT2D eigenvalue weighted by molar-refractivity contribution is 5.97. The first-order valence-corrected chi connectivity index (χ1v) is 8.65. The minimum Gasteiger partial charge on any atom is -0.454 e. The quantitative estimate of drug-likeness (QED) is 0.327. The molecule has 3 rings (SSSR count). The van der Waals surface area contributed by atoms with Crippen LogP contribution in [0.1, 0.15) is 33.6 Å². The van der Waals surface area contributed by atoms with E-state index in [4.69, 9.17) is 14.2 Å². The third-order valence-electron chi connectivity index (χ3n) is 5.04. The maximum atomic E-state index is 12.4. The van der Waals surface area contributed by atoms with E-state index in [1.165, 1.54) is 0 Å². The number of hydrogen-bond donors (Lipinski definition) is 0. The molecular formula is C20H22O6. The molecule has 0 aromatic heterocycles. The first-order chi connectivity index (χ1) is 12.3. The number of esters is 3. The van der Waals surface area contributed by atoms with Gasteiger partial charge in [0.05, 0.1) is 11.5 Å². The molecule has 4 atom stereocenters. The molecule has 0 bridgehead atoms. The zero-order valence-corrected chi connectivity index (χ0v) is 15.1. The molecule has 6 nitrogen and oxygen atoms in total. The summed E-state index contributed by atoms with van der Waals surface area (Å²) < 4.78 is 16.4. The molecule has 0 aromatic rings. The zero-order chi connectivity index (χ0) is 19.0. The Morgan fingerprint density at radius 3 is 2.69 bits per heavy atom. The predicted octanol–water partition coefficient (Wildman–Crippen LogP) is 2.55. The minimum absolute atomic E-state index is 0.220. The lowest BCUT2D eigenvalue weighted by Gasteiger charge is -2.38. The van der Waals surface area contributed by atoms with Crippen molar-refractivity contribution in [2.75, 3.05) is 0 Å². The van der Waals surface area contributed by atoms with E-state index < -0.39 is 42.1 Å². The molecule has 2 fully saturated rings. The van der Waals surface area contributed by atoms with Crippen LogP contribution in [0.2, 0.25) is 0 Å². The summed E-state index contributed by atoms with van der Waals surface area (Å²) in [4.78, 5) is 36.4. The predicted molar refractivity (Wildman–Crippen MR) is 92.8 cm³/mol. The standard InChI is InChI=1S/C20H22O6/c1-5-11(3)18(21)26-17-15-12(4)19(22)24-14(15)9-10(2)7-6-8-13-16(17)25-20(13)23/h5,8-9,14-17H,4,6-7H2,1-3H3/b10-9+,11-5+,13-8+/t14-,15+,16-,17+/m1/s1. The second kappa shape index (κ2) is 6.94. The van der Waals surface area contributed by atoms with Gasteiger partial charge < -0.3 is 14.2 Å². The summed E-state index contributed by atoms with van der Waals surface area (Å²) in [6.07, 6.45) is 4.52. The average molecular weight is 358 g/mol. The van der Waals surface area contributed by atoms with Crippen LogP contribution in [0, 0.1) is 5.92 Å². The first kappa shape index (κ1) is 18.2. The van der Waals surface area contributed by atoms with Gasteiger partial charge in [-0.2, -0.15) is 0 Å². The van der Waals surface area contributed by atoms with E-state index in [9.17, 15) is 14.4 Å². The van der Waals surface area contributed by atoms with E-state index in [0.29, 0.717) is 17.6 Å². The maximum absolute atomic E-state index is 12.4. The van der Waals surface area contributed by atoms with E-state index in [1.807, 2.05) is 19.1 Å². The van der Waals surface area contributed by atoms with Gasteiger partial charge in [-0.05, 0) is 39.7 Å². The smallest absolute Gasteiger partial charge is 0.338 e. The van der Waals surface area contributed by atoms with Crippen molar-refractivity contribution in [3.63, 3.8) is 0 Å². The fraction of sp³-hybridized carbons (Fsp3) is 0.450. The Morgan fingerprint density at radius 2 is 2.04 bits per heavy atom. The molecule has 6 heteroatoms. The summed E-state index contributed by atoms with van der Waals surface area (Å²) in [7, 11) is 0. The van der Waals surface area contributed by atoms with Gasteiger partial charge in [0, 0.05) is 11.1 Å². The maximum Gasteiger partial charge on any atom is 0.338 e. The molecule has 0 spiro atoms. The SMILES string of the molecule is C=C1C(=O)O[C@@H]2/C=C(\C)CC/C=C3/C(=O)O[C@H]3[C@@H](OC(=O)/C(C)=C/C)[C@@H]12. The topological polar surface area (TPSA) is 78.9 Å². The molecule has 0 saturated carbocycles. The molecule has 0 N–H and O–H groups in total. The van der Waals surface area contributed by atoms with Gasteiger partial charge in [-0.25, -0.2) is 14.4 Å². The van der Waals surface area contributed by atoms with Crippen molar-refractivity contribution >= 4 is 17.9 Å². The summed E-state index contributed by atoms with van der Waals surface area (Å²) in [5.41, 5.74) is 2.15. The Kier molecular flexibility index (Phi) is 4.85. The van der Waals surface area contributed by atoms with Gasteiger partial charge in [0.2, 0.25) is 0 Å². The Balaban J connectivity index is 2.03. The van der Waals surface area contributed by atoms with Gasteiger partial charge in [0.1, 0.15) is 6.10 Å². The monoisotopic (exact) mass is 358 g/mol. The number of ether oxygens (including phenoxy) is 3. The van der Waals surface area contributed by atoms with Crippen LogP contribution in [0.3, 0.4) is 0 Å². The van der Waals surface area contributed by atoms with Crippen LogP contribution in [0.4, 0.5) is 0 Å². The summed E-state index contributed by atoms with van der Waals surface area (Å²) in [5, 5.41) is 0. The highest BCUT2D eigenvalue weighted by Crippen LogP contribution is 2.40. The van der Waals surface area contributed by atoms with E-state index in [1.54, 1.807) is 19.9 Å². The molecule has 2 saturated heterocycles. The van der Waals surface area contributed by atoms with Gasteiger partial charge >= 0.3 is 17.9 Å². The molecular weight excluding hydrogens is 336 g/mol. The Morgan fingerprint density at radius 1 is 1.31 bits per heavy atom. The Bertz CT molecular complexity index is 769. The molecule has 3 aliphatic rings. The number of carbonyl (C=O) groups excluding carboxylic acids is 3. The molecule has 138 valence electrons. The summed E-state index contributed by atoms with van der Waals surface area (Å²) >= 11 is 0. The summed E-state index contributed by atoms with van der Waals surface area (Å²) in [6.45, 7) is 9.13. The zero-order valence-electron chi connectivity index (χ0n) is 15.1. The van der Waals surface area contributed by atoms with E-state index in [-0.39, 0.29) is 5.57 Å². The summed E-state index contributed by atoms with van der Waals surface area (Å²) in [6, 6.07) is 0. The van der Waals surface area contributed by atoms with E-state index in [0.717, 1.165) is 12.0 Å². The summed E-state index contributed by atoms with van der Waals surface area (Å²) in [5.74, 6) is -2.08. The van der Waals surface area contributed by atoms with E-state index >= 15 is 0 Å². The van der Waals surface area contributed by atoms with Crippen LogP contribution in [-0.2, 0) is 28.6 Å². The number of carbonyl (C=O) groups is 3. The molecule has 0 amide bonds. The van der Waals surface area contributed by atoms with Crippen molar-refractivity contribution < 1.29 is 28.6 Å². The van der Waals surface area contributed by atoms with Crippen LogP contribution in [0.25, 0.3) is 0 Å². The Labute approximate surface area is 152 Å². The van der Waals surface area contributed by atoms with Crippen LogP contribution < -0.4 is 0 Å². The van der Waals surface area contributed by atoms with Crippen molar-refractivity contribution in [1.82, 2.24) is 0 Å². The number of allylic oxidation sites excluding steroid dienone is 3. The number of rotatable bonds is 2. The van der Waals surface area contributed by atoms with Gasteiger partial charge in [0.25, 0.3) is 0 Å². The third kappa shape index (κ3) is 3.11. The van der Waals surface area contributed by atoms with Crippen LogP contribution in [0.15, 0.2) is 47.1 Å². The fourth-order valence-corrected chi connectivity index (χ4v) is 3.36. The highest BCUT2D eigenvalue weighted by atomic mass is 16.6. The van der Waals surface area contributed by atoms with Gasteiger partial charge in [0.15, 0.2) is 12.2 Å². The molecule has 2 heterocycles. The Hall–Kier alpha value is -2.63. The molecule has 0 aromatic carbocycles. The first-order valence-electron chi connectivity index (χ1n) is 8.65. The second-order valence-electron chi connectivity index (χ2n) is 6.80. The second-order valence-corrected chi connectivity index (χ2v) is 6.80. The van der Waals surface area contributed by atoms with E-state index in [2.05, 4.69) is 6.58 Å². The lowest BCUT2D eigenvalue weighted by molar-refractivity contribution is -0.178. The average Bonchev–Trinajstić information content (AvgIpc) is 2.87. The van der Waals surface area contributed by atoms with Gasteiger partial charge in [-0.1, -0.05) is 24.3 Å². The molecule has 0 unspecified atom stereocenters. The largest absolute Gasteiger partial charge is 0.454 e. The normalized spacial score (nSPS) is 35.5. The number of fused-ring (bicyclic) bond motifs is 2. The molecule has 1 aliphatic carbocycles. The third-order valence-corrected chi connectivity index (χ3v) is 5.04. The lowest BCUT2D eigenvalue weighted by Crippen LogP contribution is -2.52. The van der Waals surface area contributed by atoms with Gasteiger partial charge in [-0.15, -0.1) is 0 Å². The highest BCUT2D eigenvalue weighted by Gasteiger charge is 2.53. The van der Waals surface area contributed by atoms with Crippen molar-refractivity contribution in [3.8, 4) is 0 Å². The van der Waals surface area contributed by atoms with Gasteiger partial charge in [-0.3, -0.25) is 0 Å². The number of hydrogen-bond acceptors (Lipinski definition) is 6. The lowest BCUT2D eigenvalue weighted by atomic mass is 9.81. The van der Waals surface area contributed by atoms with Crippen molar-refractivity contribution in [1.29, 1.82) is 0 Å². The van der Waals surface area contributed by atoms with Crippen LogP contribution in [-0.4, -0.2) is 36.2 Å². The molecule has 2 aliphatic heterocycles. The van der Waals surface area contributed by atoms with Crippen molar-refractivity contribution in [3.05, 3.63) is 47.1 Å². The molecule has 26 heavy (non-hydrogen) atoms. The van der Waals surface area contributed by atoms with Crippen molar-refractivity contribution in [2.45, 2.75) is 51.9 Å².